The van der Waals surface area contributed by atoms with Gasteiger partial charge in [-0.25, -0.2) is 4.98 Å². The Morgan fingerprint density at radius 1 is 1.47 bits per heavy atom. The highest BCUT2D eigenvalue weighted by molar-refractivity contribution is 7.15. The van der Waals surface area contributed by atoms with Gasteiger partial charge in [-0.05, 0) is 31.6 Å². The fraction of sp³-hybridized carbons (Fsp3) is 0.583. The lowest BCUT2D eigenvalue weighted by Crippen LogP contribution is -2.23. The van der Waals surface area contributed by atoms with Crippen LogP contribution < -0.4 is 0 Å². The number of hydrogen-bond donors (Lipinski definition) is 0. The van der Waals surface area contributed by atoms with Gasteiger partial charge in [-0.3, -0.25) is 4.40 Å². The molecular formula is C12H16N2S. The van der Waals surface area contributed by atoms with Gasteiger partial charge in [0.15, 0.2) is 4.96 Å². The lowest BCUT2D eigenvalue weighted by molar-refractivity contribution is 0.308. The Morgan fingerprint density at radius 3 is 3.07 bits per heavy atom. The van der Waals surface area contributed by atoms with Gasteiger partial charge in [0, 0.05) is 16.8 Å². The van der Waals surface area contributed by atoms with Crippen molar-refractivity contribution in [2.24, 2.45) is 5.41 Å². The van der Waals surface area contributed by atoms with Crippen molar-refractivity contribution in [3.63, 3.8) is 0 Å². The van der Waals surface area contributed by atoms with Crippen LogP contribution in [0.3, 0.4) is 0 Å². The Morgan fingerprint density at radius 2 is 2.27 bits per heavy atom. The first-order valence-electron chi connectivity index (χ1n) is 5.51. The maximum Gasteiger partial charge on any atom is 0.194 e. The molecular weight excluding hydrogens is 204 g/mol. The van der Waals surface area contributed by atoms with E-state index in [1.807, 2.05) is 0 Å². The molecule has 0 saturated carbocycles. The quantitative estimate of drug-likeness (QED) is 0.666. The minimum absolute atomic E-state index is 0.442. The van der Waals surface area contributed by atoms with Crippen molar-refractivity contribution in [1.82, 2.24) is 9.38 Å². The van der Waals surface area contributed by atoms with Crippen molar-refractivity contribution in [3.8, 4) is 0 Å². The maximum atomic E-state index is 4.72. The number of rotatable bonds is 0. The lowest BCUT2D eigenvalue weighted by atomic mass is 9.78. The van der Waals surface area contributed by atoms with Crippen molar-refractivity contribution in [3.05, 3.63) is 22.5 Å². The smallest absolute Gasteiger partial charge is 0.194 e. The zero-order valence-corrected chi connectivity index (χ0v) is 10.3. The average Bonchev–Trinajstić information content (AvgIpc) is 2.66. The van der Waals surface area contributed by atoms with Crippen molar-refractivity contribution in [2.75, 3.05) is 0 Å². The van der Waals surface area contributed by atoms with Gasteiger partial charge < -0.3 is 0 Å². The summed E-state index contributed by atoms with van der Waals surface area (Å²) >= 11 is 1.76. The molecule has 1 aliphatic rings. The molecule has 3 rings (SSSR count). The molecule has 80 valence electrons. The van der Waals surface area contributed by atoms with E-state index in [9.17, 15) is 0 Å². The minimum atomic E-state index is 0.442. The molecule has 1 aliphatic carbocycles. The van der Waals surface area contributed by atoms with Crippen LogP contribution in [0.2, 0.25) is 0 Å². The number of nitrogens with zero attached hydrogens (tertiary/aromatic N) is 2. The Balaban J connectivity index is 2.24. The van der Waals surface area contributed by atoms with E-state index >= 15 is 0 Å². The molecule has 0 N–H and O–H groups in total. The van der Waals surface area contributed by atoms with E-state index in [2.05, 4.69) is 30.6 Å². The zero-order valence-electron chi connectivity index (χ0n) is 9.50. The molecule has 0 fully saturated rings. The normalized spacial score (nSPS) is 19.4. The van der Waals surface area contributed by atoms with Crippen molar-refractivity contribution in [1.29, 1.82) is 0 Å². The standard InChI is InChI=1S/C12H16N2S/c1-8-7-15-11-13-9-4-5-12(2,3)6-10(9)14(8)11/h7H,4-6H2,1-3H3. The zero-order chi connectivity index (χ0) is 10.6. The van der Waals surface area contributed by atoms with Crippen molar-refractivity contribution in [2.45, 2.75) is 40.0 Å². The first-order valence-corrected chi connectivity index (χ1v) is 6.39. The summed E-state index contributed by atoms with van der Waals surface area (Å²) in [5, 5.41) is 2.20. The third kappa shape index (κ3) is 1.33. The summed E-state index contributed by atoms with van der Waals surface area (Å²) in [5.74, 6) is 0. The molecule has 2 nitrogen and oxygen atoms in total. The van der Waals surface area contributed by atoms with Crippen molar-refractivity contribution >= 4 is 16.3 Å². The average molecular weight is 220 g/mol. The van der Waals surface area contributed by atoms with E-state index in [0.717, 1.165) is 6.42 Å². The second-order valence-electron chi connectivity index (χ2n) is 5.34. The number of thiazole rings is 1. The fourth-order valence-corrected chi connectivity index (χ4v) is 3.39. The van der Waals surface area contributed by atoms with Crippen LogP contribution in [0, 0.1) is 12.3 Å². The largest absolute Gasteiger partial charge is 0.292 e. The first kappa shape index (κ1) is 9.40. The van der Waals surface area contributed by atoms with Gasteiger partial charge in [0.2, 0.25) is 0 Å². The van der Waals surface area contributed by atoms with E-state index < -0.39 is 0 Å². The second kappa shape index (κ2) is 2.85. The molecule has 15 heavy (non-hydrogen) atoms. The molecule has 0 aromatic carbocycles. The molecule has 0 aliphatic heterocycles. The molecule has 0 amide bonds. The van der Waals surface area contributed by atoms with Crippen LogP contribution >= 0.6 is 11.3 Å². The maximum absolute atomic E-state index is 4.72. The van der Waals surface area contributed by atoms with E-state index in [1.54, 1.807) is 11.3 Å². The van der Waals surface area contributed by atoms with E-state index in [0.29, 0.717) is 5.41 Å². The van der Waals surface area contributed by atoms with Crippen molar-refractivity contribution < 1.29 is 0 Å². The Labute approximate surface area is 94.0 Å². The molecule has 0 radical (unpaired) electrons. The van der Waals surface area contributed by atoms with Gasteiger partial charge in [-0.2, -0.15) is 0 Å². The highest BCUT2D eigenvalue weighted by Crippen LogP contribution is 2.36. The van der Waals surface area contributed by atoms with E-state index in [-0.39, 0.29) is 0 Å². The summed E-state index contributed by atoms with van der Waals surface area (Å²) in [6, 6.07) is 0. The minimum Gasteiger partial charge on any atom is -0.292 e. The first-order chi connectivity index (χ1) is 7.07. The molecule has 0 saturated heterocycles. The lowest BCUT2D eigenvalue weighted by Gasteiger charge is -2.28. The predicted molar refractivity (Wildman–Crippen MR) is 63.6 cm³/mol. The highest BCUT2D eigenvalue weighted by Gasteiger charge is 2.29. The molecule has 0 bridgehead atoms. The summed E-state index contributed by atoms with van der Waals surface area (Å²) in [7, 11) is 0. The number of fused-ring (bicyclic) bond motifs is 3. The number of imidazole rings is 1. The Kier molecular flexibility index (Phi) is 1.78. The van der Waals surface area contributed by atoms with Gasteiger partial charge in [0.05, 0.1) is 5.69 Å². The SMILES string of the molecule is Cc1csc2nc3c(n12)CC(C)(C)CC3. The molecule has 0 atom stereocenters. The Hall–Kier alpha value is -0.830. The molecule has 0 unspecified atom stereocenters. The van der Waals surface area contributed by atoms with Gasteiger partial charge in [0.25, 0.3) is 0 Å². The van der Waals surface area contributed by atoms with Gasteiger partial charge in [-0.15, -0.1) is 11.3 Å². The third-order valence-electron chi connectivity index (χ3n) is 3.40. The fourth-order valence-electron chi connectivity index (χ4n) is 2.49. The van der Waals surface area contributed by atoms with Gasteiger partial charge in [0.1, 0.15) is 0 Å². The summed E-state index contributed by atoms with van der Waals surface area (Å²) in [6.07, 6.45) is 3.58. The van der Waals surface area contributed by atoms with Crippen LogP contribution in [0.25, 0.3) is 4.96 Å². The third-order valence-corrected chi connectivity index (χ3v) is 4.34. The van der Waals surface area contributed by atoms with Crippen LogP contribution in [0.4, 0.5) is 0 Å². The summed E-state index contributed by atoms with van der Waals surface area (Å²) < 4.78 is 2.35. The highest BCUT2D eigenvalue weighted by atomic mass is 32.1. The molecule has 3 heteroatoms. The van der Waals surface area contributed by atoms with Crippen LogP contribution in [0.5, 0.6) is 0 Å². The summed E-state index contributed by atoms with van der Waals surface area (Å²) in [4.78, 5) is 5.90. The van der Waals surface area contributed by atoms with Gasteiger partial charge >= 0.3 is 0 Å². The van der Waals surface area contributed by atoms with Crippen LogP contribution in [-0.2, 0) is 12.8 Å². The Bertz CT molecular complexity index is 519. The van der Waals surface area contributed by atoms with Gasteiger partial charge in [-0.1, -0.05) is 13.8 Å². The molecule has 0 spiro atoms. The molecule has 2 aromatic heterocycles. The molecule has 2 aromatic rings. The van der Waals surface area contributed by atoms with Crippen LogP contribution in [-0.4, -0.2) is 9.38 Å². The number of aryl methyl sites for hydroxylation is 2. The predicted octanol–water partition coefficient (Wildman–Crippen LogP) is 3.22. The summed E-state index contributed by atoms with van der Waals surface area (Å²) in [6.45, 7) is 6.89. The second-order valence-corrected chi connectivity index (χ2v) is 6.18. The number of aromatic nitrogens is 2. The summed E-state index contributed by atoms with van der Waals surface area (Å²) in [5.41, 5.74) is 4.57. The molecule has 2 heterocycles. The van der Waals surface area contributed by atoms with Crippen LogP contribution in [0.15, 0.2) is 5.38 Å². The van der Waals surface area contributed by atoms with E-state index in [4.69, 9.17) is 4.98 Å². The number of hydrogen-bond acceptors (Lipinski definition) is 2. The topological polar surface area (TPSA) is 17.3 Å². The van der Waals surface area contributed by atoms with E-state index in [1.165, 1.54) is 34.9 Å². The monoisotopic (exact) mass is 220 g/mol. The van der Waals surface area contributed by atoms with Crippen LogP contribution in [0.1, 0.15) is 37.4 Å².